The van der Waals surface area contributed by atoms with Crippen LogP contribution in [-0.2, 0) is 6.42 Å². The van der Waals surface area contributed by atoms with Gasteiger partial charge in [-0.25, -0.2) is 14.8 Å². The average Bonchev–Trinajstić information content (AvgIpc) is 2.42. The lowest BCUT2D eigenvalue weighted by Crippen LogP contribution is -2.07. The number of nitrogens with one attached hydrogen (secondary N) is 1. The molecule has 0 radical (unpaired) electrons. The first kappa shape index (κ1) is 14.0. The Balaban J connectivity index is 2.34. The number of benzene rings is 1. The molecular weight excluding hydrogens is 254 g/mol. The smallest absolute Gasteiger partial charge is 0.354 e. The fraction of sp³-hybridized carbons (Fsp3) is 0.267. The Morgan fingerprint density at radius 1 is 1.20 bits per heavy atom. The molecule has 0 bridgehead atoms. The first-order chi connectivity index (χ1) is 9.49. The lowest BCUT2D eigenvalue weighted by molar-refractivity contribution is 0.0690. The summed E-state index contributed by atoms with van der Waals surface area (Å²) in [6.07, 6.45) is 0.586. The number of aryl methyl sites for hydroxylation is 3. The van der Waals surface area contributed by atoms with Crippen LogP contribution in [0.2, 0.25) is 0 Å². The van der Waals surface area contributed by atoms with Gasteiger partial charge in [0.15, 0.2) is 5.69 Å². The SMILES string of the molecule is CCc1nc(Nc2ccc(C)c(C)c2)cc(C(=O)O)n1. The molecule has 104 valence electrons. The second-order valence-electron chi connectivity index (χ2n) is 4.64. The van der Waals surface area contributed by atoms with Crippen LogP contribution in [0.5, 0.6) is 0 Å². The van der Waals surface area contributed by atoms with Gasteiger partial charge >= 0.3 is 5.97 Å². The van der Waals surface area contributed by atoms with Crippen molar-refractivity contribution in [3.63, 3.8) is 0 Å². The van der Waals surface area contributed by atoms with Crippen molar-refractivity contribution in [2.24, 2.45) is 0 Å². The minimum Gasteiger partial charge on any atom is -0.477 e. The summed E-state index contributed by atoms with van der Waals surface area (Å²) in [7, 11) is 0. The van der Waals surface area contributed by atoms with E-state index in [4.69, 9.17) is 5.11 Å². The number of carboxylic acids is 1. The van der Waals surface area contributed by atoms with Gasteiger partial charge < -0.3 is 10.4 Å². The maximum absolute atomic E-state index is 11.1. The second-order valence-corrected chi connectivity index (χ2v) is 4.64. The fourth-order valence-corrected chi connectivity index (χ4v) is 1.80. The average molecular weight is 271 g/mol. The summed E-state index contributed by atoms with van der Waals surface area (Å²) in [5, 5.41) is 12.2. The first-order valence-corrected chi connectivity index (χ1v) is 6.45. The van der Waals surface area contributed by atoms with Crippen LogP contribution in [0, 0.1) is 13.8 Å². The van der Waals surface area contributed by atoms with Crippen LogP contribution >= 0.6 is 0 Å². The largest absolute Gasteiger partial charge is 0.477 e. The van der Waals surface area contributed by atoms with Crippen molar-refractivity contribution in [2.75, 3.05) is 5.32 Å². The summed E-state index contributed by atoms with van der Waals surface area (Å²) in [6, 6.07) is 7.40. The topological polar surface area (TPSA) is 75.1 Å². The molecule has 0 atom stereocenters. The van der Waals surface area contributed by atoms with Crippen LogP contribution < -0.4 is 5.32 Å². The molecule has 1 aromatic carbocycles. The minimum absolute atomic E-state index is 0.00295. The van der Waals surface area contributed by atoms with Crippen molar-refractivity contribution in [2.45, 2.75) is 27.2 Å². The summed E-state index contributed by atoms with van der Waals surface area (Å²) in [6.45, 7) is 5.96. The van der Waals surface area contributed by atoms with Gasteiger partial charge in [-0.15, -0.1) is 0 Å². The van der Waals surface area contributed by atoms with Gasteiger partial charge in [-0.1, -0.05) is 13.0 Å². The molecular formula is C15H17N3O2. The van der Waals surface area contributed by atoms with E-state index in [0.717, 1.165) is 5.69 Å². The second kappa shape index (κ2) is 5.69. The van der Waals surface area contributed by atoms with E-state index >= 15 is 0 Å². The predicted molar refractivity (Wildman–Crippen MR) is 77.6 cm³/mol. The predicted octanol–water partition coefficient (Wildman–Crippen LogP) is 3.10. The molecule has 2 rings (SSSR count). The standard InChI is InChI=1S/C15H17N3O2/c1-4-13-17-12(15(19)20)8-14(18-13)16-11-6-5-9(2)10(3)7-11/h5-8H,4H2,1-3H3,(H,19,20)(H,16,17,18). The Hall–Kier alpha value is -2.43. The first-order valence-electron chi connectivity index (χ1n) is 6.45. The van der Waals surface area contributed by atoms with E-state index in [1.54, 1.807) is 0 Å². The number of carbonyl (C=O) groups is 1. The van der Waals surface area contributed by atoms with Crippen molar-refractivity contribution in [3.8, 4) is 0 Å². The molecule has 2 N–H and O–H groups in total. The van der Waals surface area contributed by atoms with E-state index in [9.17, 15) is 4.79 Å². The molecule has 0 aliphatic heterocycles. The van der Waals surface area contributed by atoms with Crippen molar-refractivity contribution in [1.82, 2.24) is 9.97 Å². The summed E-state index contributed by atoms with van der Waals surface area (Å²) in [5.41, 5.74) is 3.25. The third-order valence-corrected chi connectivity index (χ3v) is 3.09. The fourth-order valence-electron chi connectivity index (χ4n) is 1.80. The molecule has 0 fully saturated rings. The Labute approximate surface area is 117 Å². The van der Waals surface area contributed by atoms with E-state index < -0.39 is 5.97 Å². The minimum atomic E-state index is -1.05. The zero-order valence-electron chi connectivity index (χ0n) is 11.8. The highest BCUT2D eigenvalue weighted by Gasteiger charge is 2.10. The highest BCUT2D eigenvalue weighted by Crippen LogP contribution is 2.19. The normalized spacial score (nSPS) is 10.3. The monoisotopic (exact) mass is 271 g/mol. The summed E-state index contributed by atoms with van der Waals surface area (Å²) in [4.78, 5) is 19.3. The number of aromatic carboxylic acids is 1. The molecule has 1 heterocycles. The van der Waals surface area contributed by atoms with Gasteiger partial charge in [0.25, 0.3) is 0 Å². The number of carboxylic acid groups (broad SMARTS) is 1. The molecule has 2 aromatic rings. The number of hydrogen-bond acceptors (Lipinski definition) is 4. The van der Waals surface area contributed by atoms with Crippen LogP contribution in [0.3, 0.4) is 0 Å². The van der Waals surface area contributed by atoms with E-state index in [1.165, 1.54) is 17.2 Å². The van der Waals surface area contributed by atoms with Crippen LogP contribution in [0.15, 0.2) is 24.3 Å². The van der Waals surface area contributed by atoms with Gasteiger partial charge in [-0.2, -0.15) is 0 Å². The molecule has 20 heavy (non-hydrogen) atoms. The zero-order valence-corrected chi connectivity index (χ0v) is 11.8. The molecule has 0 spiro atoms. The highest BCUT2D eigenvalue weighted by atomic mass is 16.4. The number of rotatable bonds is 4. The van der Waals surface area contributed by atoms with Crippen LogP contribution in [0.4, 0.5) is 11.5 Å². The molecule has 0 unspecified atom stereocenters. The molecule has 0 aliphatic rings. The lowest BCUT2D eigenvalue weighted by Gasteiger charge is -2.09. The summed E-state index contributed by atoms with van der Waals surface area (Å²) < 4.78 is 0. The third-order valence-electron chi connectivity index (χ3n) is 3.09. The molecule has 5 nitrogen and oxygen atoms in total. The number of aromatic nitrogens is 2. The molecule has 5 heteroatoms. The van der Waals surface area contributed by atoms with Gasteiger partial charge in [0.1, 0.15) is 11.6 Å². The van der Waals surface area contributed by atoms with Crippen LogP contribution in [0.1, 0.15) is 34.4 Å². The molecule has 0 amide bonds. The van der Waals surface area contributed by atoms with Crippen molar-refractivity contribution in [1.29, 1.82) is 0 Å². The number of hydrogen-bond donors (Lipinski definition) is 2. The lowest BCUT2D eigenvalue weighted by atomic mass is 10.1. The van der Waals surface area contributed by atoms with Gasteiger partial charge in [-0.05, 0) is 37.1 Å². The summed E-state index contributed by atoms with van der Waals surface area (Å²) in [5.74, 6) is -0.0426. The van der Waals surface area contributed by atoms with Gasteiger partial charge in [0, 0.05) is 18.2 Å². The number of nitrogens with zero attached hydrogens (tertiary/aromatic N) is 2. The summed E-state index contributed by atoms with van der Waals surface area (Å²) >= 11 is 0. The maximum atomic E-state index is 11.1. The quantitative estimate of drug-likeness (QED) is 0.893. The maximum Gasteiger partial charge on any atom is 0.354 e. The van der Waals surface area contributed by atoms with E-state index in [2.05, 4.69) is 15.3 Å². The Kier molecular flexibility index (Phi) is 3.98. The van der Waals surface area contributed by atoms with Crippen molar-refractivity contribution < 1.29 is 9.90 Å². The Bertz CT molecular complexity index is 654. The van der Waals surface area contributed by atoms with Crippen molar-refractivity contribution >= 4 is 17.5 Å². The third kappa shape index (κ3) is 3.12. The van der Waals surface area contributed by atoms with E-state index in [1.807, 2.05) is 39.0 Å². The molecule has 0 aliphatic carbocycles. The van der Waals surface area contributed by atoms with Gasteiger partial charge in [0.2, 0.25) is 0 Å². The van der Waals surface area contributed by atoms with E-state index in [0.29, 0.717) is 18.1 Å². The molecule has 0 saturated carbocycles. The molecule has 0 saturated heterocycles. The number of anilines is 2. The van der Waals surface area contributed by atoms with Crippen LogP contribution in [0.25, 0.3) is 0 Å². The Morgan fingerprint density at radius 3 is 2.55 bits per heavy atom. The molecule has 1 aromatic heterocycles. The van der Waals surface area contributed by atoms with Gasteiger partial charge in [0.05, 0.1) is 0 Å². The highest BCUT2D eigenvalue weighted by molar-refractivity contribution is 5.86. The van der Waals surface area contributed by atoms with E-state index in [-0.39, 0.29) is 5.69 Å². The Morgan fingerprint density at radius 2 is 1.95 bits per heavy atom. The van der Waals surface area contributed by atoms with Crippen molar-refractivity contribution in [3.05, 3.63) is 46.9 Å². The zero-order chi connectivity index (χ0) is 14.7. The van der Waals surface area contributed by atoms with Gasteiger partial charge in [-0.3, -0.25) is 0 Å². The van der Waals surface area contributed by atoms with Crippen LogP contribution in [-0.4, -0.2) is 21.0 Å².